The van der Waals surface area contributed by atoms with E-state index in [1.165, 1.54) is 6.21 Å². The van der Waals surface area contributed by atoms with Crippen LogP contribution in [0, 0.1) is 0 Å². The Morgan fingerprint density at radius 1 is 1.28 bits per heavy atom. The Hall–Kier alpha value is -4.21. The number of nitrogen functional groups attached to an aromatic ring is 1. The molecule has 0 radical (unpaired) electrons. The molecular weight excluding hydrogens is 408 g/mol. The van der Waals surface area contributed by atoms with Gasteiger partial charge in [0.15, 0.2) is 0 Å². The summed E-state index contributed by atoms with van der Waals surface area (Å²) in [7, 11) is 3.20. The number of aliphatic imine (C=N–C) groups is 1. The van der Waals surface area contributed by atoms with Gasteiger partial charge in [0.25, 0.3) is 5.56 Å². The molecule has 4 rings (SSSR count). The van der Waals surface area contributed by atoms with Crippen LogP contribution in [0.4, 0.5) is 11.4 Å². The fourth-order valence-electron chi connectivity index (χ4n) is 3.49. The molecule has 0 bridgehead atoms. The van der Waals surface area contributed by atoms with Gasteiger partial charge in [-0.15, -0.1) is 0 Å². The van der Waals surface area contributed by atoms with E-state index in [1.807, 2.05) is 25.1 Å². The Balaban J connectivity index is 1.90. The van der Waals surface area contributed by atoms with Crippen LogP contribution in [-0.4, -0.2) is 45.3 Å². The highest BCUT2D eigenvalue weighted by atomic mass is 16.5. The van der Waals surface area contributed by atoms with Gasteiger partial charge in [0.05, 0.1) is 41.3 Å². The van der Waals surface area contributed by atoms with E-state index >= 15 is 0 Å². The van der Waals surface area contributed by atoms with Crippen molar-refractivity contribution >= 4 is 28.6 Å². The summed E-state index contributed by atoms with van der Waals surface area (Å²) in [6.07, 6.45) is 5.53. The van der Waals surface area contributed by atoms with E-state index in [2.05, 4.69) is 35.2 Å². The van der Waals surface area contributed by atoms with E-state index in [-0.39, 0.29) is 11.6 Å². The third-order valence-electron chi connectivity index (χ3n) is 5.09. The maximum Gasteiger partial charge on any atom is 0.261 e. The number of imidazole rings is 1. The number of H-pyrrole nitrogens is 2. The minimum atomic E-state index is -0.355. The zero-order valence-electron chi connectivity index (χ0n) is 18.0. The smallest absolute Gasteiger partial charge is 0.261 e. The lowest BCUT2D eigenvalue weighted by molar-refractivity contribution is 0.415. The van der Waals surface area contributed by atoms with Crippen LogP contribution in [0.5, 0.6) is 5.75 Å². The van der Waals surface area contributed by atoms with Crippen LogP contribution in [-0.2, 0) is 0 Å². The molecule has 10 heteroatoms. The van der Waals surface area contributed by atoms with E-state index in [0.717, 1.165) is 5.52 Å². The molecule has 0 fully saturated rings. The average Bonchev–Trinajstić information content (AvgIpc) is 3.23. The fraction of sp³-hybridized carbons (Fsp3) is 0.227. The number of ether oxygens (including phenoxy) is 1. The lowest BCUT2D eigenvalue weighted by atomic mass is 10.1. The number of nitrogens with two attached hydrogens (primary N) is 1. The summed E-state index contributed by atoms with van der Waals surface area (Å²) in [5, 5.41) is 3.37. The second-order valence-electron chi connectivity index (χ2n) is 7.10. The van der Waals surface area contributed by atoms with Crippen molar-refractivity contribution in [3.05, 3.63) is 58.5 Å². The largest absolute Gasteiger partial charge is 0.497 e. The van der Waals surface area contributed by atoms with Gasteiger partial charge in [-0.1, -0.05) is 6.92 Å². The van der Waals surface area contributed by atoms with E-state index < -0.39 is 0 Å². The Morgan fingerprint density at radius 3 is 2.75 bits per heavy atom. The molecule has 10 nitrogen and oxygen atoms in total. The SMILES string of the molecule is CC[C@H](Nc1c(N)c(C=NC)[nH]c(=O)c1-c1nc2ccc(OC)cc2[nH]1)c1ncccn1. The van der Waals surface area contributed by atoms with Crippen molar-refractivity contribution in [1.82, 2.24) is 24.9 Å². The summed E-state index contributed by atoms with van der Waals surface area (Å²) < 4.78 is 5.29. The Morgan fingerprint density at radius 2 is 2.06 bits per heavy atom. The first-order valence-corrected chi connectivity index (χ1v) is 10.1. The van der Waals surface area contributed by atoms with Crippen molar-refractivity contribution in [1.29, 1.82) is 0 Å². The topological polar surface area (TPSA) is 147 Å². The van der Waals surface area contributed by atoms with Crippen LogP contribution in [0.25, 0.3) is 22.4 Å². The van der Waals surface area contributed by atoms with Crippen molar-refractivity contribution in [3.63, 3.8) is 0 Å². The minimum Gasteiger partial charge on any atom is -0.497 e. The van der Waals surface area contributed by atoms with Crippen molar-refractivity contribution in [2.75, 3.05) is 25.2 Å². The number of hydrogen-bond donors (Lipinski definition) is 4. The van der Waals surface area contributed by atoms with Gasteiger partial charge in [0, 0.05) is 31.7 Å². The van der Waals surface area contributed by atoms with Gasteiger partial charge < -0.3 is 25.8 Å². The summed E-state index contributed by atoms with van der Waals surface area (Å²) in [5.74, 6) is 1.66. The zero-order valence-corrected chi connectivity index (χ0v) is 18.0. The van der Waals surface area contributed by atoms with E-state index in [4.69, 9.17) is 10.5 Å². The van der Waals surface area contributed by atoms with Crippen molar-refractivity contribution in [2.24, 2.45) is 4.99 Å². The molecule has 0 unspecified atom stereocenters. The van der Waals surface area contributed by atoms with E-state index in [9.17, 15) is 4.79 Å². The molecule has 0 spiro atoms. The number of fused-ring (bicyclic) bond motifs is 1. The molecule has 1 atom stereocenters. The number of methoxy groups -OCH3 is 1. The van der Waals surface area contributed by atoms with E-state index in [0.29, 0.717) is 52.0 Å². The summed E-state index contributed by atoms with van der Waals surface area (Å²) in [4.78, 5) is 36.5. The van der Waals surface area contributed by atoms with Crippen LogP contribution in [0.1, 0.15) is 30.9 Å². The molecule has 0 aliphatic carbocycles. The second-order valence-corrected chi connectivity index (χ2v) is 7.10. The molecule has 3 aromatic heterocycles. The number of benzene rings is 1. The van der Waals surface area contributed by atoms with E-state index in [1.54, 1.807) is 32.6 Å². The zero-order chi connectivity index (χ0) is 22.7. The van der Waals surface area contributed by atoms with Crippen LogP contribution in [0.3, 0.4) is 0 Å². The third-order valence-corrected chi connectivity index (χ3v) is 5.09. The lowest BCUT2D eigenvalue weighted by Crippen LogP contribution is -2.21. The predicted molar refractivity (Wildman–Crippen MR) is 125 cm³/mol. The molecule has 0 saturated carbocycles. The first-order valence-electron chi connectivity index (χ1n) is 10.1. The normalized spacial score (nSPS) is 12.3. The van der Waals surface area contributed by atoms with Gasteiger partial charge >= 0.3 is 0 Å². The first kappa shape index (κ1) is 21.0. The summed E-state index contributed by atoms with van der Waals surface area (Å²) in [5.41, 5.74) is 9.03. The number of aromatic nitrogens is 5. The minimum absolute atomic E-state index is 0.269. The standard InChI is InChI=1S/C22H24N8O2/c1-4-13(20-25-8-5-9-26-20)27-19-17(22(31)30-16(11-24-2)18(19)23)21-28-14-7-6-12(32-3)10-15(14)29-21/h5-11,13H,4,23H2,1-3H3,(H,28,29)(H2,27,30,31)/t13-/m0/s1. The number of aromatic amines is 2. The van der Waals surface area contributed by atoms with Gasteiger partial charge in [-0.2, -0.15) is 0 Å². The molecule has 0 aliphatic heterocycles. The maximum absolute atomic E-state index is 13.2. The molecule has 164 valence electrons. The highest BCUT2D eigenvalue weighted by molar-refractivity contribution is 5.95. The highest BCUT2D eigenvalue weighted by Gasteiger charge is 2.23. The second kappa shape index (κ2) is 8.88. The average molecular weight is 432 g/mol. The van der Waals surface area contributed by atoms with Crippen molar-refractivity contribution in [2.45, 2.75) is 19.4 Å². The van der Waals surface area contributed by atoms with Gasteiger partial charge in [0.2, 0.25) is 0 Å². The van der Waals surface area contributed by atoms with Crippen LogP contribution in [0.15, 0.2) is 46.4 Å². The van der Waals surface area contributed by atoms with Crippen molar-refractivity contribution < 1.29 is 4.74 Å². The number of anilines is 2. The van der Waals surface area contributed by atoms with Crippen LogP contribution < -0.4 is 21.3 Å². The highest BCUT2D eigenvalue weighted by Crippen LogP contribution is 2.34. The molecule has 0 amide bonds. The van der Waals surface area contributed by atoms with Crippen LogP contribution >= 0.6 is 0 Å². The third kappa shape index (κ3) is 3.89. The molecular formula is C22H24N8O2. The quantitative estimate of drug-likeness (QED) is 0.328. The summed E-state index contributed by atoms with van der Waals surface area (Å²) >= 11 is 0. The lowest BCUT2D eigenvalue weighted by Gasteiger charge is -2.20. The first-order chi connectivity index (χ1) is 15.5. The number of hydrogen-bond acceptors (Lipinski definition) is 8. The van der Waals surface area contributed by atoms with Gasteiger partial charge in [-0.25, -0.2) is 15.0 Å². The van der Waals surface area contributed by atoms with Gasteiger partial charge in [-0.3, -0.25) is 9.79 Å². The summed E-state index contributed by atoms with van der Waals surface area (Å²) in [6.45, 7) is 2.00. The number of rotatable bonds is 7. The number of pyridine rings is 1. The molecule has 4 aromatic rings. The van der Waals surface area contributed by atoms with Gasteiger partial charge in [0.1, 0.15) is 23.0 Å². The van der Waals surface area contributed by atoms with Gasteiger partial charge in [-0.05, 0) is 24.6 Å². The molecule has 3 heterocycles. The van der Waals surface area contributed by atoms with Crippen molar-refractivity contribution in [3.8, 4) is 17.1 Å². The Bertz CT molecular complexity index is 1330. The Labute approximate surface area is 184 Å². The predicted octanol–water partition coefficient (Wildman–Crippen LogP) is 2.91. The fourth-order valence-corrected chi connectivity index (χ4v) is 3.49. The molecule has 1 aromatic carbocycles. The molecule has 32 heavy (non-hydrogen) atoms. The molecule has 5 N–H and O–H groups in total. The molecule has 0 saturated heterocycles. The van der Waals surface area contributed by atoms with Crippen LogP contribution in [0.2, 0.25) is 0 Å². The maximum atomic E-state index is 13.2. The molecule has 0 aliphatic rings. The number of nitrogens with zero attached hydrogens (tertiary/aromatic N) is 4. The number of nitrogens with one attached hydrogen (secondary N) is 3. The summed E-state index contributed by atoms with van der Waals surface area (Å²) in [6, 6.07) is 6.94. The monoisotopic (exact) mass is 432 g/mol. The Kier molecular flexibility index (Phi) is 5.84.